The third-order valence-corrected chi connectivity index (χ3v) is 6.52. The molecule has 4 nitrogen and oxygen atoms in total. The van der Waals surface area contributed by atoms with E-state index in [2.05, 4.69) is 11.0 Å². The van der Waals surface area contributed by atoms with Crippen LogP contribution in [0, 0.1) is 12.7 Å². The lowest BCUT2D eigenvalue weighted by Gasteiger charge is -2.28. The van der Waals surface area contributed by atoms with Crippen LogP contribution in [0.2, 0.25) is 0 Å². The molecule has 1 aliphatic rings. The van der Waals surface area contributed by atoms with Gasteiger partial charge in [0.1, 0.15) is 10.7 Å². The minimum absolute atomic E-state index is 0.125. The van der Waals surface area contributed by atoms with Crippen molar-refractivity contribution >= 4 is 27.5 Å². The molecule has 1 aromatic carbocycles. The van der Waals surface area contributed by atoms with E-state index in [4.69, 9.17) is 5.73 Å². The van der Waals surface area contributed by atoms with Crippen LogP contribution in [-0.4, -0.2) is 26.0 Å². The van der Waals surface area contributed by atoms with Gasteiger partial charge in [0.2, 0.25) is 10.0 Å². The monoisotopic (exact) mass is 332 g/mol. The molecule has 0 bridgehead atoms. The van der Waals surface area contributed by atoms with Gasteiger partial charge >= 0.3 is 0 Å². The van der Waals surface area contributed by atoms with Crippen LogP contribution in [0.15, 0.2) is 17.0 Å². The average Bonchev–Trinajstić information content (AvgIpc) is 2.43. The molecule has 0 spiro atoms. The van der Waals surface area contributed by atoms with Crippen molar-refractivity contribution in [3.8, 4) is 0 Å². The first-order valence-electron chi connectivity index (χ1n) is 6.94. The molecule has 21 heavy (non-hydrogen) atoms. The van der Waals surface area contributed by atoms with E-state index in [0.29, 0.717) is 5.25 Å². The van der Waals surface area contributed by atoms with Gasteiger partial charge in [-0.3, -0.25) is 0 Å². The molecule has 1 fully saturated rings. The highest BCUT2D eigenvalue weighted by Crippen LogP contribution is 2.28. The lowest BCUT2D eigenvalue weighted by atomic mass is 9.96. The number of anilines is 1. The summed E-state index contributed by atoms with van der Waals surface area (Å²) in [4.78, 5) is -0.355. The van der Waals surface area contributed by atoms with Crippen molar-refractivity contribution in [2.45, 2.75) is 48.8 Å². The molecule has 1 aliphatic carbocycles. The number of nitrogens with one attached hydrogen (secondary N) is 1. The van der Waals surface area contributed by atoms with E-state index in [9.17, 15) is 12.8 Å². The fourth-order valence-electron chi connectivity index (χ4n) is 2.66. The van der Waals surface area contributed by atoms with E-state index < -0.39 is 15.8 Å². The van der Waals surface area contributed by atoms with Crippen LogP contribution < -0.4 is 10.5 Å². The van der Waals surface area contributed by atoms with Crippen LogP contribution >= 0.6 is 11.8 Å². The highest BCUT2D eigenvalue weighted by molar-refractivity contribution is 7.99. The van der Waals surface area contributed by atoms with Crippen molar-refractivity contribution in [1.82, 2.24) is 4.72 Å². The molecule has 1 aromatic rings. The van der Waals surface area contributed by atoms with Gasteiger partial charge in [0.05, 0.1) is 0 Å². The molecule has 3 N–H and O–H groups in total. The Morgan fingerprint density at radius 3 is 2.48 bits per heavy atom. The summed E-state index contributed by atoms with van der Waals surface area (Å²) < 4.78 is 41.4. The topological polar surface area (TPSA) is 72.2 Å². The summed E-state index contributed by atoms with van der Waals surface area (Å²) in [7, 11) is -3.87. The van der Waals surface area contributed by atoms with Gasteiger partial charge in [0.25, 0.3) is 0 Å². The number of benzene rings is 1. The van der Waals surface area contributed by atoms with Crippen molar-refractivity contribution in [1.29, 1.82) is 0 Å². The molecule has 2 rings (SSSR count). The van der Waals surface area contributed by atoms with Crippen molar-refractivity contribution in [3.05, 3.63) is 23.5 Å². The average molecular weight is 332 g/mol. The smallest absolute Gasteiger partial charge is 0.243 e. The van der Waals surface area contributed by atoms with E-state index in [1.807, 2.05) is 11.8 Å². The summed E-state index contributed by atoms with van der Waals surface area (Å²) in [6, 6.07) is 2.48. The number of hydrogen-bond acceptors (Lipinski definition) is 4. The minimum atomic E-state index is -3.87. The highest BCUT2D eigenvalue weighted by Gasteiger charge is 2.27. The van der Waals surface area contributed by atoms with Gasteiger partial charge in [-0.15, -0.1) is 0 Å². The third-order valence-electron chi connectivity index (χ3n) is 3.86. The number of aryl methyl sites for hydroxylation is 1. The first kappa shape index (κ1) is 16.6. The van der Waals surface area contributed by atoms with Crippen LogP contribution in [0.25, 0.3) is 0 Å². The zero-order chi connectivity index (χ0) is 15.6. The molecule has 0 aromatic heterocycles. The van der Waals surface area contributed by atoms with Crippen LogP contribution in [0.1, 0.15) is 31.2 Å². The molecule has 0 aliphatic heterocycles. The molecule has 7 heteroatoms. The third kappa shape index (κ3) is 3.90. The van der Waals surface area contributed by atoms with Crippen LogP contribution in [0.4, 0.5) is 10.1 Å². The van der Waals surface area contributed by atoms with Gasteiger partial charge in [-0.25, -0.2) is 17.5 Å². The second kappa shape index (κ2) is 6.54. The summed E-state index contributed by atoms with van der Waals surface area (Å²) in [5.41, 5.74) is 6.12. The number of sulfonamides is 1. The van der Waals surface area contributed by atoms with Gasteiger partial charge in [-0.2, -0.15) is 11.8 Å². The number of halogens is 1. The Bertz CT molecular complexity index is 612. The van der Waals surface area contributed by atoms with Crippen LogP contribution in [-0.2, 0) is 10.0 Å². The first-order valence-corrected chi connectivity index (χ1v) is 9.71. The van der Waals surface area contributed by atoms with Gasteiger partial charge in [-0.1, -0.05) is 0 Å². The van der Waals surface area contributed by atoms with E-state index in [1.54, 1.807) is 0 Å². The predicted molar refractivity (Wildman–Crippen MR) is 85.4 cm³/mol. The summed E-state index contributed by atoms with van der Waals surface area (Å²) >= 11 is 1.81. The lowest BCUT2D eigenvalue weighted by molar-refractivity contribution is 0.419. The maximum atomic E-state index is 14.1. The molecule has 0 amide bonds. The van der Waals surface area contributed by atoms with Gasteiger partial charge in [0, 0.05) is 17.0 Å². The van der Waals surface area contributed by atoms with Crippen LogP contribution in [0.3, 0.4) is 0 Å². The standard InChI is InChI=1S/C14H21FN2O2S2/c1-9-7-10(16)8-13(14(9)15)21(18,19)17-11-3-5-12(20-2)6-4-11/h7-8,11-12,17H,3-6,16H2,1-2H3. The summed E-state index contributed by atoms with van der Waals surface area (Å²) in [6.07, 6.45) is 5.60. The zero-order valence-corrected chi connectivity index (χ0v) is 13.9. The minimum Gasteiger partial charge on any atom is -0.399 e. The van der Waals surface area contributed by atoms with Crippen LogP contribution in [0.5, 0.6) is 0 Å². The fraction of sp³-hybridized carbons (Fsp3) is 0.571. The quantitative estimate of drug-likeness (QED) is 0.832. The Labute approximate surface area is 129 Å². The summed E-state index contributed by atoms with van der Waals surface area (Å²) in [5, 5.41) is 0.595. The van der Waals surface area contributed by atoms with Crippen molar-refractivity contribution < 1.29 is 12.8 Å². The molecule has 0 heterocycles. The number of rotatable bonds is 4. The van der Waals surface area contributed by atoms with Gasteiger partial charge < -0.3 is 5.73 Å². The molecular formula is C14H21FN2O2S2. The van der Waals surface area contributed by atoms with Gasteiger partial charge in [0.15, 0.2) is 0 Å². The highest BCUT2D eigenvalue weighted by atomic mass is 32.2. The van der Waals surface area contributed by atoms with Crippen molar-refractivity contribution in [2.24, 2.45) is 0 Å². The molecule has 0 saturated heterocycles. The van der Waals surface area contributed by atoms with E-state index >= 15 is 0 Å². The largest absolute Gasteiger partial charge is 0.399 e. The lowest BCUT2D eigenvalue weighted by Crippen LogP contribution is -2.38. The predicted octanol–water partition coefficient (Wildman–Crippen LogP) is 2.67. The van der Waals surface area contributed by atoms with Gasteiger partial charge in [-0.05, 0) is 56.6 Å². The molecular weight excluding hydrogens is 311 g/mol. The second-order valence-corrected chi connectivity index (χ2v) is 8.30. The normalized spacial score (nSPS) is 23.2. The first-order chi connectivity index (χ1) is 9.83. The molecule has 0 atom stereocenters. The number of thioether (sulfide) groups is 1. The molecule has 1 saturated carbocycles. The molecule has 0 unspecified atom stereocenters. The Hall–Kier alpha value is -0.790. The molecule has 0 radical (unpaired) electrons. The number of hydrogen-bond donors (Lipinski definition) is 2. The summed E-state index contributed by atoms with van der Waals surface area (Å²) in [6.45, 7) is 1.51. The second-order valence-electron chi connectivity index (χ2n) is 5.48. The number of nitrogen functional groups attached to an aromatic ring is 1. The fourth-order valence-corrected chi connectivity index (χ4v) is 4.89. The maximum absolute atomic E-state index is 14.1. The van der Waals surface area contributed by atoms with E-state index in [-0.39, 0.29) is 22.2 Å². The maximum Gasteiger partial charge on any atom is 0.243 e. The van der Waals surface area contributed by atoms with E-state index in [0.717, 1.165) is 25.7 Å². The summed E-state index contributed by atoms with van der Waals surface area (Å²) in [5.74, 6) is -0.727. The van der Waals surface area contributed by atoms with Crippen molar-refractivity contribution in [2.75, 3.05) is 12.0 Å². The SMILES string of the molecule is CSC1CCC(NS(=O)(=O)c2cc(N)cc(C)c2F)CC1. The van der Waals surface area contributed by atoms with E-state index in [1.165, 1.54) is 19.1 Å². The Kier molecular flexibility index (Phi) is 5.16. The Morgan fingerprint density at radius 1 is 1.29 bits per heavy atom. The molecule has 118 valence electrons. The Morgan fingerprint density at radius 2 is 1.90 bits per heavy atom. The Balaban J connectivity index is 2.16. The number of nitrogens with two attached hydrogens (primary N) is 1. The zero-order valence-electron chi connectivity index (χ0n) is 12.2. The van der Waals surface area contributed by atoms with Crippen molar-refractivity contribution in [3.63, 3.8) is 0 Å².